The minimum absolute atomic E-state index is 0.617. The first-order valence-electron chi connectivity index (χ1n) is 15.8. The SMILES string of the molecule is c1ccc(-c2ccc(-c3cc(-c4ccccc4)nc(-c4ccnc(-c5cc(-c6ccccc6)cc(-c6ccccn6)n5)c4)n3)cc2)cc1. The van der Waals surface area contributed by atoms with Gasteiger partial charge in [0.2, 0.25) is 0 Å². The Bertz CT molecular complexity index is 2250. The van der Waals surface area contributed by atoms with Gasteiger partial charge in [-0.25, -0.2) is 15.0 Å². The van der Waals surface area contributed by atoms with E-state index in [9.17, 15) is 0 Å². The lowest BCUT2D eigenvalue weighted by molar-refractivity contribution is 1.17. The van der Waals surface area contributed by atoms with Gasteiger partial charge in [-0.2, -0.15) is 0 Å². The predicted molar refractivity (Wildman–Crippen MR) is 193 cm³/mol. The molecule has 0 unspecified atom stereocenters. The maximum atomic E-state index is 5.10. The number of aromatic nitrogens is 5. The molecule has 0 amide bonds. The van der Waals surface area contributed by atoms with Gasteiger partial charge in [0.05, 0.1) is 34.2 Å². The molecule has 5 nitrogen and oxygen atoms in total. The average Bonchev–Trinajstić information content (AvgIpc) is 3.19. The van der Waals surface area contributed by atoms with Gasteiger partial charge in [-0.1, -0.05) is 121 Å². The molecule has 0 fully saturated rings. The van der Waals surface area contributed by atoms with Gasteiger partial charge in [0.25, 0.3) is 0 Å². The Morgan fingerprint density at radius 2 is 0.729 bits per heavy atom. The van der Waals surface area contributed by atoms with Gasteiger partial charge in [-0.05, 0) is 64.7 Å². The van der Waals surface area contributed by atoms with E-state index in [2.05, 4.69) is 96.0 Å². The first-order valence-corrected chi connectivity index (χ1v) is 15.8. The highest BCUT2D eigenvalue weighted by molar-refractivity contribution is 5.78. The summed E-state index contributed by atoms with van der Waals surface area (Å²) in [4.78, 5) is 24.5. The second-order valence-electron chi connectivity index (χ2n) is 11.4. The molecule has 0 saturated carbocycles. The molecule has 8 rings (SSSR count). The van der Waals surface area contributed by atoms with Crippen molar-refractivity contribution in [2.24, 2.45) is 0 Å². The van der Waals surface area contributed by atoms with Crippen LogP contribution in [0.4, 0.5) is 0 Å². The molecule has 4 heterocycles. The van der Waals surface area contributed by atoms with Crippen LogP contribution < -0.4 is 0 Å². The van der Waals surface area contributed by atoms with Crippen LogP contribution in [0, 0.1) is 0 Å². The highest BCUT2D eigenvalue weighted by Crippen LogP contribution is 2.32. The largest absolute Gasteiger partial charge is 0.255 e. The first kappa shape index (κ1) is 28.9. The average molecular weight is 616 g/mol. The Morgan fingerprint density at radius 1 is 0.250 bits per heavy atom. The van der Waals surface area contributed by atoms with Gasteiger partial charge in [0.15, 0.2) is 5.82 Å². The van der Waals surface area contributed by atoms with Crippen LogP contribution in [0.1, 0.15) is 0 Å². The summed E-state index contributed by atoms with van der Waals surface area (Å²) in [6.07, 6.45) is 3.59. The van der Waals surface area contributed by atoms with Crippen LogP contribution in [0.15, 0.2) is 176 Å². The molecule has 0 aliphatic heterocycles. The summed E-state index contributed by atoms with van der Waals surface area (Å²) in [5, 5.41) is 0. The molecule has 8 aromatic rings. The molecule has 0 atom stereocenters. The van der Waals surface area contributed by atoms with Crippen molar-refractivity contribution in [2.45, 2.75) is 0 Å². The lowest BCUT2D eigenvalue weighted by Crippen LogP contribution is -1.98. The van der Waals surface area contributed by atoms with Crippen molar-refractivity contribution < 1.29 is 0 Å². The van der Waals surface area contributed by atoms with Crippen LogP contribution in [0.2, 0.25) is 0 Å². The van der Waals surface area contributed by atoms with Crippen molar-refractivity contribution in [2.75, 3.05) is 0 Å². The van der Waals surface area contributed by atoms with Crippen molar-refractivity contribution >= 4 is 0 Å². The molecule has 4 aromatic carbocycles. The fourth-order valence-electron chi connectivity index (χ4n) is 5.76. The zero-order chi connectivity index (χ0) is 32.1. The third kappa shape index (κ3) is 6.13. The van der Waals surface area contributed by atoms with E-state index < -0.39 is 0 Å². The van der Waals surface area contributed by atoms with E-state index in [1.165, 1.54) is 5.56 Å². The van der Waals surface area contributed by atoms with Gasteiger partial charge >= 0.3 is 0 Å². The molecule has 0 N–H and O–H groups in total. The summed E-state index contributed by atoms with van der Waals surface area (Å²) in [5.41, 5.74) is 12.1. The quantitative estimate of drug-likeness (QED) is 0.178. The van der Waals surface area contributed by atoms with E-state index in [4.69, 9.17) is 19.9 Å². The van der Waals surface area contributed by atoms with Crippen molar-refractivity contribution in [3.8, 4) is 78.9 Å². The molecular formula is C43H29N5. The monoisotopic (exact) mass is 615 g/mol. The molecule has 0 aliphatic carbocycles. The Kier molecular flexibility index (Phi) is 7.83. The smallest absolute Gasteiger partial charge is 0.160 e. The highest BCUT2D eigenvalue weighted by atomic mass is 14.9. The van der Waals surface area contributed by atoms with Crippen molar-refractivity contribution in [1.82, 2.24) is 24.9 Å². The zero-order valence-electron chi connectivity index (χ0n) is 26.0. The molecule has 0 aliphatic rings. The maximum Gasteiger partial charge on any atom is 0.160 e. The Balaban J connectivity index is 1.23. The number of pyridine rings is 3. The van der Waals surface area contributed by atoms with Crippen LogP contribution in [0.25, 0.3) is 78.9 Å². The second-order valence-corrected chi connectivity index (χ2v) is 11.4. The summed E-state index contributed by atoms with van der Waals surface area (Å²) in [5.74, 6) is 0.617. The van der Waals surface area contributed by atoms with Crippen LogP contribution in [0.5, 0.6) is 0 Å². The molecule has 4 aromatic heterocycles. The number of benzene rings is 4. The first-order chi connectivity index (χ1) is 23.8. The fourth-order valence-corrected chi connectivity index (χ4v) is 5.76. The second kappa shape index (κ2) is 13.0. The van der Waals surface area contributed by atoms with E-state index in [0.29, 0.717) is 5.82 Å². The maximum absolute atomic E-state index is 5.10. The molecule has 0 spiro atoms. The fraction of sp³-hybridized carbons (Fsp3) is 0. The standard InChI is InChI=1S/C43H29N5/c1-4-12-30(13-5-1)32-19-21-34(22-20-32)39-29-38(33-16-8-3-9-17-33)47-43(48-39)35-23-25-45-40(26-35)42-28-36(31-14-6-2-7-15-31)27-41(46-42)37-18-10-11-24-44-37/h1-29H. The lowest BCUT2D eigenvalue weighted by Gasteiger charge is -2.12. The molecule has 0 bridgehead atoms. The van der Waals surface area contributed by atoms with Gasteiger partial charge in [0.1, 0.15) is 0 Å². The van der Waals surface area contributed by atoms with E-state index in [-0.39, 0.29) is 0 Å². The summed E-state index contributed by atoms with van der Waals surface area (Å²) >= 11 is 0. The van der Waals surface area contributed by atoms with E-state index in [1.807, 2.05) is 72.8 Å². The van der Waals surface area contributed by atoms with Crippen molar-refractivity contribution in [3.05, 3.63) is 176 Å². The summed E-state index contributed by atoms with van der Waals surface area (Å²) in [7, 11) is 0. The third-order valence-corrected chi connectivity index (χ3v) is 8.22. The minimum Gasteiger partial charge on any atom is -0.255 e. The van der Waals surface area contributed by atoms with Crippen LogP contribution in [-0.4, -0.2) is 24.9 Å². The van der Waals surface area contributed by atoms with Crippen LogP contribution in [0.3, 0.4) is 0 Å². The van der Waals surface area contributed by atoms with E-state index in [0.717, 1.165) is 67.5 Å². The highest BCUT2D eigenvalue weighted by Gasteiger charge is 2.15. The topological polar surface area (TPSA) is 64.5 Å². The lowest BCUT2D eigenvalue weighted by atomic mass is 10.0. The summed E-state index contributed by atoms with van der Waals surface area (Å²) in [6.45, 7) is 0. The number of hydrogen-bond donors (Lipinski definition) is 0. The van der Waals surface area contributed by atoms with Crippen LogP contribution in [-0.2, 0) is 0 Å². The Morgan fingerprint density at radius 3 is 1.35 bits per heavy atom. The molecule has 226 valence electrons. The van der Waals surface area contributed by atoms with E-state index >= 15 is 0 Å². The minimum atomic E-state index is 0.617. The van der Waals surface area contributed by atoms with Crippen molar-refractivity contribution in [1.29, 1.82) is 0 Å². The normalized spacial score (nSPS) is 10.9. The third-order valence-electron chi connectivity index (χ3n) is 8.22. The summed E-state index contributed by atoms with van der Waals surface area (Å²) < 4.78 is 0. The molecule has 48 heavy (non-hydrogen) atoms. The molecule has 5 heteroatoms. The number of rotatable bonds is 7. The van der Waals surface area contributed by atoms with Crippen LogP contribution >= 0.6 is 0 Å². The van der Waals surface area contributed by atoms with Gasteiger partial charge in [0, 0.05) is 29.1 Å². The molecule has 0 radical (unpaired) electrons. The zero-order valence-corrected chi connectivity index (χ0v) is 26.0. The molecular weight excluding hydrogens is 587 g/mol. The summed E-state index contributed by atoms with van der Waals surface area (Å²) in [6, 6.07) is 55.5. The Hall–Kier alpha value is -6.59. The van der Waals surface area contributed by atoms with E-state index in [1.54, 1.807) is 12.4 Å². The molecule has 0 saturated heterocycles. The van der Waals surface area contributed by atoms with Crippen molar-refractivity contribution in [3.63, 3.8) is 0 Å². The predicted octanol–water partition coefficient (Wildman–Crippen LogP) is 10.3. The van der Waals surface area contributed by atoms with Gasteiger partial charge < -0.3 is 0 Å². The number of nitrogens with zero attached hydrogens (tertiary/aromatic N) is 5. The number of hydrogen-bond acceptors (Lipinski definition) is 5. The Labute approximate surface area is 279 Å². The van der Waals surface area contributed by atoms with Gasteiger partial charge in [-0.3, -0.25) is 9.97 Å². The van der Waals surface area contributed by atoms with Gasteiger partial charge in [-0.15, -0.1) is 0 Å².